The Kier molecular flexibility index (Phi) is 3.44. The smallest absolute Gasteiger partial charge is 0.150 e. The molecular weight excluding hydrogens is 328 g/mol. The molecule has 5 heteroatoms. The predicted octanol–water partition coefficient (Wildman–Crippen LogP) is 5.09. The van der Waals surface area contributed by atoms with E-state index >= 15 is 0 Å². The molecule has 0 amide bonds. The van der Waals surface area contributed by atoms with Gasteiger partial charge in [0, 0.05) is 9.86 Å². The molecule has 2 nitrogen and oxygen atoms in total. The summed E-state index contributed by atoms with van der Waals surface area (Å²) in [5.41, 5.74) is 0.592. The van der Waals surface area contributed by atoms with Crippen molar-refractivity contribution in [3.8, 4) is 0 Å². The van der Waals surface area contributed by atoms with E-state index in [0.717, 1.165) is 11.0 Å². The first-order valence-corrected chi connectivity index (χ1v) is 6.78. The van der Waals surface area contributed by atoms with Gasteiger partial charge in [-0.2, -0.15) is 0 Å². The van der Waals surface area contributed by atoms with Crippen LogP contribution in [0.1, 0.15) is 5.76 Å². The van der Waals surface area contributed by atoms with Crippen LogP contribution in [0.4, 0.5) is 14.5 Å². The van der Waals surface area contributed by atoms with Crippen molar-refractivity contribution in [1.29, 1.82) is 0 Å². The molecule has 0 saturated heterocycles. The van der Waals surface area contributed by atoms with Crippen LogP contribution in [0.25, 0.3) is 11.0 Å². The second-order valence-electron chi connectivity index (χ2n) is 4.35. The number of hydrogen-bond acceptors (Lipinski definition) is 2. The molecule has 3 aromatic rings. The molecule has 0 bridgehead atoms. The highest BCUT2D eigenvalue weighted by Crippen LogP contribution is 2.25. The van der Waals surface area contributed by atoms with Gasteiger partial charge < -0.3 is 9.73 Å². The SMILES string of the molecule is Fc1cc(Br)cc(F)c1NCc1cc2ccccc2o1. The van der Waals surface area contributed by atoms with Gasteiger partial charge in [0.1, 0.15) is 28.7 Å². The third-order valence-electron chi connectivity index (χ3n) is 2.92. The molecule has 0 aliphatic carbocycles. The lowest BCUT2D eigenvalue weighted by Crippen LogP contribution is -2.03. The molecule has 0 fully saturated rings. The number of hydrogen-bond donors (Lipinski definition) is 1. The van der Waals surface area contributed by atoms with Crippen LogP contribution in [0.3, 0.4) is 0 Å². The zero-order valence-corrected chi connectivity index (χ0v) is 11.9. The van der Waals surface area contributed by atoms with Gasteiger partial charge in [-0.3, -0.25) is 0 Å². The number of halogens is 3. The van der Waals surface area contributed by atoms with Crippen molar-refractivity contribution >= 4 is 32.6 Å². The average Bonchev–Trinajstić information content (AvgIpc) is 2.80. The second kappa shape index (κ2) is 5.25. The Hall–Kier alpha value is -1.88. The van der Waals surface area contributed by atoms with Crippen molar-refractivity contribution in [3.63, 3.8) is 0 Å². The largest absolute Gasteiger partial charge is 0.459 e. The highest BCUT2D eigenvalue weighted by Gasteiger charge is 2.11. The van der Waals surface area contributed by atoms with Crippen molar-refractivity contribution in [3.05, 3.63) is 64.3 Å². The molecule has 0 unspecified atom stereocenters. The summed E-state index contributed by atoms with van der Waals surface area (Å²) in [5.74, 6) is -0.672. The molecule has 102 valence electrons. The lowest BCUT2D eigenvalue weighted by molar-refractivity contribution is 0.553. The minimum Gasteiger partial charge on any atom is -0.459 e. The van der Waals surface area contributed by atoms with Gasteiger partial charge in [0.2, 0.25) is 0 Å². The maximum atomic E-state index is 13.7. The van der Waals surface area contributed by atoms with Crippen LogP contribution in [0, 0.1) is 11.6 Å². The first-order chi connectivity index (χ1) is 9.63. The highest BCUT2D eigenvalue weighted by atomic mass is 79.9. The molecule has 0 atom stereocenters. The van der Waals surface area contributed by atoms with Crippen molar-refractivity contribution < 1.29 is 13.2 Å². The number of fused-ring (bicyclic) bond motifs is 1. The second-order valence-corrected chi connectivity index (χ2v) is 5.26. The standard InChI is InChI=1S/C15H10BrF2NO/c16-10-6-12(17)15(13(18)7-10)19-8-11-5-9-3-1-2-4-14(9)20-11/h1-7,19H,8H2. The van der Waals surface area contributed by atoms with E-state index < -0.39 is 11.6 Å². The van der Waals surface area contributed by atoms with Gasteiger partial charge in [-0.1, -0.05) is 34.1 Å². The number of anilines is 1. The van der Waals surface area contributed by atoms with Gasteiger partial charge in [-0.05, 0) is 24.3 Å². The summed E-state index contributed by atoms with van der Waals surface area (Å²) in [5, 5.41) is 3.68. The van der Waals surface area contributed by atoms with E-state index in [9.17, 15) is 8.78 Å². The van der Waals surface area contributed by atoms with E-state index in [4.69, 9.17) is 4.42 Å². The molecule has 3 rings (SSSR count). The molecular formula is C15H10BrF2NO. The topological polar surface area (TPSA) is 25.2 Å². The minimum absolute atomic E-state index is 0.159. The predicted molar refractivity (Wildman–Crippen MR) is 77.6 cm³/mol. The quantitative estimate of drug-likeness (QED) is 0.720. The van der Waals surface area contributed by atoms with E-state index in [1.165, 1.54) is 12.1 Å². The summed E-state index contributed by atoms with van der Waals surface area (Å²) < 4.78 is 33.3. The molecule has 0 spiro atoms. The maximum absolute atomic E-state index is 13.7. The minimum atomic E-state index is -0.645. The monoisotopic (exact) mass is 337 g/mol. The molecule has 0 radical (unpaired) electrons. The number of nitrogens with one attached hydrogen (secondary N) is 1. The summed E-state index contributed by atoms with van der Waals surface area (Å²) in [7, 11) is 0. The molecule has 1 N–H and O–H groups in total. The number of furan rings is 1. The Bertz CT molecular complexity index is 713. The zero-order chi connectivity index (χ0) is 14.1. The molecule has 20 heavy (non-hydrogen) atoms. The first-order valence-electron chi connectivity index (χ1n) is 5.99. The van der Waals surface area contributed by atoms with Gasteiger partial charge in [0.15, 0.2) is 0 Å². The fraction of sp³-hybridized carbons (Fsp3) is 0.0667. The van der Waals surface area contributed by atoms with Gasteiger partial charge >= 0.3 is 0 Å². The van der Waals surface area contributed by atoms with Crippen molar-refractivity contribution in [2.45, 2.75) is 6.54 Å². The van der Waals surface area contributed by atoms with Crippen molar-refractivity contribution in [1.82, 2.24) is 0 Å². The normalized spacial score (nSPS) is 10.9. The number of rotatable bonds is 3. The third-order valence-corrected chi connectivity index (χ3v) is 3.38. The van der Waals surface area contributed by atoms with Crippen molar-refractivity contribution in [2.75, 3.05) is 5.32 Å². The Labute approximate surface area is 122 Å². The third kappa shape index (κ3) is 2.54. The maximum Gasteiger partial charge on any atom is 0.150 e. The highest BCUT2D eigenvalue weighted by molar-refractivity contribution is 9.10. The Morgan fingerprint density at radius 3 is 2.45 bits per heavy atom. The summed E-state index contributed by atoms with van der Waals surface area (Å²) in [4.78, 5) is 0. The lowest BCUT2D eigenvalue weighted by atomic mass is 10.2. The van der Waals surface area contributed by atoms with E-state index in [0.29, 0.717) is 10.2 Å². The molecule has 0 aliphatic rings. The van der Waals surface area contributed by atoms with Crippen LogP contribution < -0.4 is 5.32 Å². The Balaban J connectivity index is 1.83. The molecule has 2 aromatic carbocycles. The molecule has 1 aromatic heterocycles. The fourth-order valence-electron chi connectivity index (χ4n) is 2.01. The zero-order valence-electron chi connectivity index (χ0n) is 10.3. The van der Waals surface area contributed by atoms with Crippen LogP contribution in [0.5, 0.6) is 0 Å². The molecule has 1 heterocycles. The summed E-state index contributed by atoms with van der Waals surface area (Å²) in [6.45, 7) is 0.212. The van der Waals surface area contributed by atoms with Gasteiger partial charge in [-0.25, -0.2) is 8.78 Å². The molecule has 0 saturated carbocycles. The first kappa shape index (κ1) is 13.1. The Morgan fingerprint density at radius 2 is 1.75 bits per heavy atom. The summed E-state index contributed by atoms with van der Waals surface area (Å²) in [6, 6.07) is 11.8. The van der Waals surface area contributed by atoms with E-state index in [1.54, 1.807) is 0 Å². The van der Waals surface area contributed by atoms with Gasteiger partial charge in [0.25, 0.3) is 0 Å². The summed E-state index contributed by atoms with van der Waals surface area (Å²) in [6.07, 6.45) is 0. The average molecular weight is 338 g/mol. The Morgan fingerprint density at radius 1 is 1.05 bits per heavy atom. The molecule has 0 aliphatic heterocycles. The lowest BCUT2D eigenvalue weighted by Gasteiger charge is -2.07. The van der Waals surface area contributed by atoms with Crippen molar-refractivity contribution in [2.24, 2.45) is 0 Å². The van der Waals surface area contributed by atoms with E-state index in [1.807, 2.05) is 30.3 Å². The van der Waals surface area contributed by atoms with Gasteiger partial charge in [-0.15, -0.1) is 0 Å². The number of benzene rings is 2. The van der Waals surface area contributed by atoms with E-state index in [-0.39, 0.29) is 12.2 Å². The number of para-hydroxylation sites is 1. The van der Waals surface area contributed by atoms with Crippen LogP contribution >= 0.6 is 15.9 Å². The van der Waals surface area contributed by atoms with E-state index in [2.05, 4.69) is 21.2 Å². The van der Waals surface area contributed by atoms with Gasteiger partial charge in [0.05, 0.1) is 6.54 Å². The van der Waals surface area contributed by atoms with Crippen LogP contribution in [-0.4, -0.2) is 0 Å². The fourth-order valence-corrected chi connectivity index (χ4v) is 2.41. The van der Waals surface area contributed by atoms with Crippen LogP contribution in [0.15, 0.2) is 51.4 Å². The summed E-state index contributed by atoms with van der Waals surface area (Å²) >= 11 is 3.04. The van der Waals surface area contributed by atoms with Crippen LogP contribution in [-0.2, 0) is 6.54 Å². The van der Waals surface area contributed by atoms with Crippen LogP contribution in [0.2, 0.25) is 0 Å².